The number of ether oxygens (including phenoxy) is 3. The number of nitrogens with zero attached hydrogens (tertiary/aromatic N) is 2. The number of carbonyl (C=O) groups is 3. The van der Waals surface area contributed by atoms with Gasteiger partial charge in [-0.2, -0.15) is 8.78 Å². The van der Waals surface area contributed by atoms with Gasteiger partial charge < -0.3 is 39.3 Å². The van der Waals surface area contributed by atoms with Gasteiger partial charge in [0.25, 0.3) is 5.91 Å². The Morgan fingerprint density at radius 3 is 2.54 bits per heavy atom. The number of hydrogen-bond acceptors (Lipinski definition) is 8. The number of nitrogens with one attached hydrogen (secondary N) is 2. The number of aromatic nitrogens is 1. The number of alkyl halides is 2. The smallest absolute Gasteiger partial charge is 0.408 e. The minimum Gasteiger partial charge on any atom is -0.489 e. The zero-order chi connectivity index (χ0) is 29.9. The molecule has 1 aromatic heterocycles. The minimum absolute atomic E-state index is 0.0183. The van der Waals surface area contributed by atoms with Gasteiger partial charge in [-0.3, -0.25) is 4.79 Å². The quantitative estimate of drug-likeness (QED) is 0.360. The summed E-state index contributed by atoms with van der Waals surface area (Å²) in [5.74, 6) is -0.383. The van der Waals surface area contributed by atoms with Crippen LogP contribution in [-0.2, 0) is 4.74 Å². The van der Waals surface area contributed by atoms with E-state index in [2.05, 4.69) is 20.4 Å². The van der Waals surface area contributed by atoms with Crippen molar-refractivity contribution in [1.29, 1.82) is 0 Å². The van der Waals surface area contributed by atoms with Crippen molar-refractivity contribution >= 4 is 18.1 Å². The van der Waals surface area contributed by atoms with Gasteiger partial charge in [-0.15, -0.1) is 0 Å². The van der Waals surface area contributed by atoms with Crippen molar-refractivity contribution in [2.24, 2.45) is 5.92 Å². The van der Waals surface area contributed by atoms with E-state index >= 15 is 0 Å². The van der Waals surface area contributed by atoms with Gasteiger partial charge in [0, 0.05) is 24.7 Å². The maximum atomic E-state index is 13.3. The first-order valence-electron chi connectivity index (χ1n) is 13.3. The zero-order valence-electron chi connectivity index (χ0n) is 23.2. The molecule has 2 aromatic rings. The molecule has 14 heteroatoms. The number of hydrogen-bond donors (Lipinski definition) is 3. The van der Waals surface area contributed by atoms with Crippen LogP contribution in [0.4, 0.5) is 18.4 Å². The number of amides is 3. The van der Waals surface area contributed by atoms with E-state index < -0.39 is 42.4 Å². The van der Waals surface area contributed by atoms with Gasteiger partial charge in [0.05, 0.1) is 12.6 Å². The van der Waals surface area contributed by atoms with Crippen LogP contribution < -0.4 is 20.1 Å². The van der Waals surface area contributed by atoms with Gasteiger partial charge >= 0.3 is 18.8 Å². The normalized spacial score (nSPS) is 17.7. The summed E-state index contributed by atoms with van der Waals surface area (Å²) in [4.78, 5) is 42.6. The van der Waals surface area contributed by atoms with Crippen molar-refractivity contribution in [2.75, 3.05) is 19.7 Å². The Morgan fingerprint density at radius 1 is 1.20 bits per heavy atom. The first kappa shape index (κ1) is 29.9. The third kappa shape index (κ3) is 8.21. The molecule has 1 aliphatic heterocycles. The summed E-state index contributed by atoms with van der Waals surface area (Å²) in [6, 6.07) is 2.86. The van der Waals surface area contributed by atoms with Crippen molar-refractivity contribution in [3.05, 3.63) is 29.7 Å². The van der Waals surface area contributed by atoms with Gasteiger partial charge in [0.1, 0.15) is 5.60 Å². The highest BCUT2D eigenvalue weighted by Crippen LogP contribution is 2.37. The molecule has 2 fully saturated rings. The number of halogens is 2. The number of likely N-dealkylation sites (tertiary alicyclic amines) is 1. The Kier molecular flexibility index (Phi) is 8.88. The van der Waals surface area contributed by atoms with E-state index in [9.17, 15) is 28.3 Å². The average molecular weight is 581 g/mol. The monoisotopic (exact) mass is 580 g/mol. The van der Waals surface area contributed by atoms with Crippen molar-refractivity contribution < 1.29 is 46.9 Å². The summed E-state index contributed by atoms with van der Waals surface area (Å²) in [5, 5.41) is 14.6. The van der Waals surface area contributed by atoms with Crippen LogP contribution in [0.15, 0.2) is 22.6 Å². The molecule has 1 saturated carbocycles. The molecular weight excluding hydrogens is 546 g/mol. The Hall–Kier alpha value is -4.10. The predicted octanol–water partition coefficient (Wildman–Crippen LogP) is 4.80. The van der Waals surface area contributed by atoms with Crippen molar-refractivity contribution in [2.45, 2.75) is 71.3 Å². The standard InChI is InChI=1S/C27H34F2N4O8/c1-14(30-25(35)41-27(2,3)4)21-20(22(34)31-17-9-10-33(12-17)26(36)37)32-23(40-21)16-7-8-18(39-24(28)29)19(11-16)38-13-15-5-6-15/h7-8,11,14-15,17,24H,5-6,9-10,12-13H2,1-4H3,(H,30,35)(H,31,34)(H,36,37)/t14-,17?/m0/s1. The number of carbonyl (C=O) groups excluding carboxylic acids is 2. The third-order valence-electron chi connectivity index (χ3n) is 6.37. The van der Waals surface area contributed by atoms with E-state index in [1.807, 2.05) is 0 Å². The summed E-state index contributed by atoms with van der Waals surface area (Å²) < 4.78 is 47.6. The molecule has 12 nitrogen and oxygen atoms in total. The summed E-state index contributed by atoms with van der Waals surface area (Å²) in [5.41, 5.74) is -0.584. The SMILES string of the molecule is C[C@H](NC(=O)OC(C)(C)C)c1oc(-c2ccc(OC(F)F)c(OCC3CC3)c2)nc1C(=O)NC1CCN(C(=O)O)C1. The molecule has 1 saturated heterocycles. The van der Waals surface area contributed by atoms with E-state index in [-0.39, 0.29) is 41.9 Å². The molecule has 2 atom stereocenters. The topological polar surface area (TPSA) is 152 Å². The minimum atomic E-state index is -3.06. The van der Waals surface area contributed by atoms with E-state index in [4.69, 9.17) is 13.9 Å². The molecule has 2 heterocycles. The predicted molar refractivity (Wildman–Crippen MR) is 140 cm³/mol. The molecule has 0 bridgehead atoms. The number of alkyl carbamates (subject to hydrolysis) is 1. The second-order valence-electron chi connectivity index (χ2n) is 11.1. The Labute approximate surface area is 235 Å². The van der Waals surface area contributed by atoms with Crippen LogP contribution in [0.1, 0.15) is 69.2 Å². The second kappa shape index (κ2) is 12.2. The van der Waals surface area contributed by atoms with E-state index in [0.717, 1.165) is 12.8 Å². The van der Waals surface area contributed by atoms with E-state index in [0.29, 0.717) is 24.5 Å². The lowest BCUT2D eigenvalue weighted by Gasteiger charge is -2.21. The number of rotatable bonds is 10. The second-order valence-corrected chi connectivity index (χ2v) is 11.1. The number of carboxylic acid groups (broad SMARTS) is 1. The number of benzene rings is 1. The maximum Gasteiger partial charge on any atom is 0.408 e. The van der Waals surface area contributed by atoms with Crippen LogP contribution in [0.25, 0.3) is 11.5 Å². The van der Waals surface area contributed by atoms with Crippen LogP contribution in [0.2, 0.25) is 0 Å². The molecule has 3 N–H and O–H groups in total. The van der Waals surface area contributed by atoms with Crippen molar-refractivity contribution in [3.8, 4) is 23.0 Å². The van der Waals surface area contributed by atoms with Gasteiger partial charge in [-0.1, -0.05) is 0 Å². The van der Waals surface area contributed by atoms with Gasteiger partial charge in [-0.25, -0.2) is 14.6 Å². The Bertz CT molecular complexity index is 1270. The van der Waals surface area contributed by atoms with Crippen LogP contribution in [-0.4, -0.2) is 71.0 Å². The molecular formula is C27H34F2N4O8. The highest BCUT2D eigenvalue weighted by molar-refractivity contribution is 5.94. The fraction of sp³-hybridized carbons (Fsp3) is 0.556. The molecule has 3 amide bonds. The summed E-state index contributed by atoms with van der Waals surface area (Å²) >= 11 is 0. The molecule has 224 valence electrons. The van der Waals surface area contributed by atoms with Crippen LogP contribution in [0.5, 0.6) is 11.5 Å². The molecule has 0 spiro atoms. The van der Waals surface area contributed by atoms with Crippen LogP contribution in [0.3, 0.4) is 0 Å². The van der Waals surface area contributed by atoms with Crippen LogP contribution in [0, 0.1) is 5.92 Å². The van der Waals surface area contributed by atoms with Gasteiger partial charge in [0.15, 0.2) is 23.0 Å². The summed E-state index contributed by atoms with van der Waals surface area (Å²) in [7, 11) is 0. The Morgan fingerprint density at radius 2 is 1.93 bits per heavy atom. The highest BCUT2D eigenvalue weighted by Gasteiger charge is 2.32. The molecule has 1 aromatic carbocycles. The van der Waals surface area contributed by atoms with E-state index in [1.165, 1.54) is 23.1 Å². The molecule has 1 unspecified atom stereocenters. The average Bonchev–Trinajstić information content (AvgIpc) is 3.38. The summed E-state index contributed by atoms with van der Waals surface area (Å²) in [6.07, 6.45) is 0.559. The van der Waals surface area contributed by atoms with Crippen molar-refractivity contribution in [1.82, 2.24) is 20.5 Å². The molecule has 4 rings (SSSR count). The Balaban J connectivity index is 1.63. The van der Waals surface area contributed by atoms with Crippen LogP contribution >= 0.6 is 0 Å². The lowest BCUT2D eigenvalue weighted by Crippen LogP contribution is -2.39. The highest BCUT2D eigenvalue weighted by atomic mass is 19.3. The van der Waals surface area contributed by atoms with Gasteiger partial charge in [0.2, 0.25) is 5.89 Å². The largest absolute Gasteiger partial charge is 0.489 e. The van der Waals surface area contributed by atoms with Crippen molar-refractivity contribution in [3.63, 3.8) is 0 Å². The molecule has 0 radical (unpaired) electrons. The molecule has 41 heavy (non-hydrogen) atoms. The van der Waals surface area contributed by atoms with Gasteiger partial charge in [-0.05, 0) is 71.1 Å². The first-order valence-corrected chi connectivity index (χ1v) is 13.3. The lowest BCUT2D eigenvalue weighted by molar-refractivity contribution is -0.0515. The first-order chi connectivity index (χ1) is 19.3. The number of oxazole rings is 1. The maximum absolute atomic E-state index is 13.3. The summed E-state index contributed by atoms with van der Waals surface area (Å²) in [6.45, 7) is 4.35. The van der Waals surface area contributed by atoms with E-state index in [1.54, 1.807) is 27.7 Å². The lowest BCUT2D eigenvalue weighted by atomic mass is 10.2. The third-order valence-corrected chi connectivity index (χ3v) is 6.37. The fourth-order valence-electron chi connectivity index (χ4n) is 4.21. The zero-order valence-corrected chi connectivity index (χ0v) is 23.2. The fourth-order valence-corrected chi connectivity index (χ4v) is 4.21. The molecule has 1 aliphatic carbocycles. The molecule has 2 aliphatic rings.